The number of hydrogen-bond donors (Lipinski definition) is 2. The monoisotopic (exact) mass is 252 g/mol. The van der Waals surface area contributed by atoms with E-state index in [-0.39, 0.29) is 12.0 Å². The molecule has 0 unspecified atom stereocenters. The minimum absolute atomic E-state index is 0.0892. The minimum Gasteiger partial charge on any atom is -0.396 e. The van der Waals surface area contributed by atoms with Crippen molar-refractivity contribution in [3.05, 3.63) is 11.6 Å². The lowest BCUT2D eigenvalue weighted by Gasteiger charge is -2.35. The summed E-state index contributed by atoms with van der Waals surface area (Å²) in [5, 5.41) is 21.2. The first kappa shape index (κ1) is 13.5. The Balaban J connectivity index is 1.85. The third-order valence-corrected chi connectivity index (χ3v) is 4.22. The van der Waals surface area contributed by atoms with Crippen LogP contribution in [0.15, 0.2) is 0 Å². The molecule has 0 saturated heterocycles. The summed E-state index contributed by atoms with van der Waals surface area (Å²) in [7, 11) is 1.98. The molecule has 0 aliphatic heterocycles. The average Bonchev–Trinajstić information content (AvgIpc) is 2.72. The van der Waals surface area contributed by atoms with Gasteiger partial charge < -0.3 is 15.0 Å². The molecular weight excluding hydrogens is 228 g/mol. The maximum absolute atomic E-state index is 9.62. The molecular formula is C13H24N4O. The molecule has 0 radical (unpaired) electrons. The number of aryl methyl sites for hydroxylation is 1. The highest BCUT2D eigenvalue weighted by Gasteiger charge is 2.30. The van der Waals surface area contributed by atoms with Gasteiger partial charge in [0.25, 0.3) is 0 Å². The second-order valence-corrected chi connectivity index (χ2v) is 5.54. The van der Waals surface area contributed by atoms with Gasteiger partial charge in [-0.3, -0.25) is 0 Å². The van der Waals surface area contributed by atoms with Gasteiger partial charge in [-0.25, -0.2) is 0 Å². The van der Waals surface area contributed by atoms with Crippen LogP contribution in [0.3, 0.4) is 0 Å². The molecule has 1 heterocycles. The highest BCUT2D eigenvalue weighted by Crippen LogP contribution is 2.35. The van der Waals surface area contributed by atoms with Gasteiger partial charge >= 0.3 is 0 Å². The van der Waals surface area contributed by atoms with Crippen LogP contribution in [0.5, 0.6) is 0 Å². The molecule has 2 N–H and O–H groups in total. The maximum atomic E-state index is 9.62. The third-order valence-electron chi connectivity index (χ3n) is 4.22. The van der Waals surface area contributed by atoms with Crippen LogP contribution in [0.2, 0.25) is 0 Å². The zero-order valence-corrected chi connectivity index (χ0v) is 11.4. The van der Waals surface area contributed by atoms with Crippen LogP contribution >= 0.6 is 0 Å². The lowest BCUT2D eigenvalue weighted by atomic mass is 9.74. The Kier molecular flexibility index (Phi) is 4.35. The van der Waals surface area contributed by atoms with E-state index in [1.807, 2.05) is 18.5 Å². The number of nitrogens with one attached hydrogen (secondary N) is 1. The Morgan fingerprint density at radius 1 is 1.28 bits per heavy atom. The van der Waals surface area contributed by atoms with Gasteiger partial charge in [-0.1, -0.05) is 19.3 Å². The van der Waals surface area contributed by atoms with E-state index in [4.69, 9.17) is 0 Å². The van der Waals surface area contributed by atoms with E-state index < -0.39 is 0 Å². The predicted molar refractivity (Wildman–Crippen MR) is 70.1 cm³/mol. The van der Waals surface area contributed by atoms with Crippen LogP contribution in [0.1, 0.15) is 43.8 Å². The fourth-order valence-electron chi connectivity index (χ4n) is 2.74. The summed E-state index contributed by atoms with van der Waals surface area (Å²) < 4.78 is 2.00. The fourth-order valence-corrected chi connectivity index (χ4v) is 2.74. The van der Waals surface area contributed by atoms with E-state index in [9.17, 15) is 5.11 Å². The first-order valence-corrected chi connectivity index (χ1v) is 6.83. The van der Waals surface area contributed by atoms with E-state index in [0.717, 1.165) is 37.6 Å². The van der Waals surface area contributed by atoms with E-state index in [2.05, 4.69) is 15.5 Å². The SMILES string of the molecule is Cc1nnc(CNCC2(CO)CCCCC2)n1C. The fraction of sp³-hybridized carbons (Fsp3) is 0.846. The first-order chi connectivity index (χ1) is 8.67. The average molecular weight is 252 g/mol. The summed E-state index contributed by atoms with van der Waals surface area (Å²) >= 11 is 0. The summed E-state index contributed by atoms with van der Waals surface area (Å²) in [6.07, 6.45) is 6.06. The van der Waals surface area contributed by atoms with Crippen LogP contribution in [0, 0.1) is 12.3 Å². The molecule has 5 nitrogen and oxygen atoms in total. The van der Waals surface area contributed by atoms with Crippen molar-refractivity contribution in [2.24, 2.45) is 12.5 Å². The summed E-state index contributed by atoms with van der Waals surface area (Å²) in [6, 6.07) is 0. The first-order valence-electron chi connectivity index (χ1n) is 6.83. The van der Waals surface area contributed by atoms with Crippen molar-refractivity contribution in [1.29, 1.82) is 0 Å². The molecule has 1 saturated carbocycles. The molecule has 1 aromatic heterocycles. The summed E-state index contributed by atoms with van der Waals surface area (Å²) in [6.45, 7) is 3.83. The smallest absolute Gasteiger partial charge is 0.146 e. The molecule has 102 valence electrons. The van der Waals surface area contributed by atoms with Gasteiger partial charge in [-0.15, -0.1) is 10.2 Å². The second kappa shape index (κ2) is 5.80. The highest BCUT2D eigenvalue weighted by atomic mass is 16.3. The van der Waals surface area contributed by atoms with E-state index >= 15 is 0 Å². The number of rotatable bonds is 5. The molecule has 1 aromatic rings. The zero-order chi connectivity index (χ0) is 13.0. The maximum Gasteiger partial charge on any atom is 0.146 e. The van der Waals surface area contributed by atoms with Crippen molar-refractivity contribution in [2.75, 3.05) is 13.2 Å². The Morgan fingerprint density at radius 2 is 2.00 bits per heavy atom. The van der Waals surface area contributed by atoms with Crippen molar-refractivity contribution in [3.63, 3.8) is 0 Å². The summed E-state index contributed by atoms with van der Waals surface area (Å²) in [5.41, 5.74) is 0.0892. The van der Waals surface area contributed by atoms with Gasteiger partial charge in [-0.2, -0.15) is 0 Å². The van der Waals surface area contributed by atoms with Crippen molar-refractivity contribution in [3.8, 4) is 0 Å². The number of aliphatic hydroxyl groups excluding tert-OH is 1. The van der Waals surface area contributed by atoms with Crippen LogP contribution in [0.25, 0.3) is 0 Å². The van der Waals surface area contributed by atoms with Crippen molar-refractivity contribution in [2.45, 2.75) is 45.6 Å². The van der Waals surface area contributed by atoms with Gasteiger partial charge in [0.1, 0.15) is 11.6 Å². The van der Waals surface area contributed by atoms with Gasteiger partial charge in [0, 0.05) is 25.6 Å². The topological polar surface area (TPSA) is 63.0 Å². The number of nitrogens with zero attached hydrogens (tertiary/aromatic N) is 3. The molecule has 1 fully saturated rings. The van der Waals surface area contributed by atoms with Crippen molar-refractivity contribution in [1.82, 2.24) is 20.1 Å². The number of aromatic nitrogens is 3. The Hall–Kier alpha value is -0.940. The van der Waals surface area contributed by atoms with Gasteiger partial charge in [0.2, 0.25) is 0 Å². The normalized spacial score (nSPS) is 19.1. The molecule has 1 aliphatic rings. The van der Waals surface area contributed by atoms with Gasteiger partial charge in [0.15, 0.2) is 0 Å². The summed E-state index contributed by atoms with van der Waals surface area (Å²) in [4.78, 5) is 0. The standard InChI is InChI=1S/C13H24N4O/c1-11-15-16-12(17(11)2)8-14-9-13(10-18)6-4-3-5-7-13/h14,18H,3-10H2,1-2H3. The van der Waals surface area contributed by atoms with Crippen molar-refractivity contribution < 1.29 is 5.11 Å². The largest absolute Gasteiger partial charge is 0.396 e. The van der Waals surface area contributed by atoms with Crippen LogP contribution in [-0.2, 0) is 13.6 Å². The van der Waals surface area contributed by atoms with Crippen LogP contribution in [0.4, 0.5) is 0 Å². The Bertz CT molecular complexity index is 382. The van der Waals surface area contributed by atoms with E-state index in [1.165, 1.54) is 19.3 Å². The summed E-state index contributed by atoms with van der Waals surface area (Å²) in [5.74, 6) is 1.89. The molecule has 2 rings (SSSR count). The molecule has 0 spiro atoms. The molecule has 1 aliphatic carbocycles. The number of aliphatic hydroxyl groups is 1. The minimum atomic E-state index is 0.0892. The quantitative estimate of drug-likeness (QED) is 0.825. The lowest BCUT2D eigenvalue weighted by molar-refractivity contribution is 0.0808. The zero-order valence-electron chi connectivity index (χ0n) is 11.4. The third kappa shape index (κ3) is 2.90. The van der Waals surface area contributed by atoms with Gasteiger partial charge in [-0.05, 0) is 19.8 Å². The van der Waals surface area contributed by atoms with E-state index in [0.29, 0.717) is 0 Å². The Morgan fingerprint density at radius 3 is 2.56 bits per heavy atom. The highest BCUT2D eigenvalue weighted by molar-refractivity contribution is 4.93. The molecule has 0 atom stereocenters. The van der Waals surface area contributed by atoms with Crippen LogP contribution < -0.4 is 5.32 Å². The number of hydrogen-bond acceptors (Lipinski definition) is 4. The van der Waals surface area contributed by atoms with E-state index in [1.54, 1.807) is 0 Å². The predicted octanol–water partition coefficient (Wildman–Crippen LogP) is 1.16. The molecule has 0 bridgehead atoms. The van der Waals surface area contributed by atoms with Crippen LogP contribution in [-0.4, -0.2) is 33.0 Å². The van der Waals surface area contributed by atoms with Crippen molar-refractivity contribution >= 4 is 0 Å². The van der Waals surface area contributed by atoms with Gasteiger partial charge in [0.05, 0.1) is 6.54 Å². The Labute approximate surface area is 109 Å². The molecule has 18 heavy (non-hydrogen) atoms. The molecule has 5 heteroatoms. The molecule has 0 aromatic carbocycles. The molecule has 0 amide bonds. The lowest BCUT2D eigenvalue weighted by Crippen LogP contribution is -2.39. The second-order valence-electron chi connectivity index (χ2n) is 5.54.